The molecule has 21 heavy (non-hydrogen) atoms. The van der Waals surface area contributed by atoms with Crippen LogP contribution in [0, 0.1) is 0 Å². The van der Waals surface area contributed by atoms with Crippen LogP contribution in [0.15, 0.2) is 60.0 Å². The number of hydrogen-bond acceptors (Lipinski definition) is 3. The summed E-state index contributed by atoms with van der Waals surface area (Å²) in [6.45, 7) is 3.84. The van der Waals surface area contributed by atoms with Crippen LogP contribution in [0.2, 0.25) is 0 Å². The monoisotopic (exact) mass is 281 g/mol. The van der Waals surface area contributed by atoms with Crippen molar-refractivity contribution in [3.63, 3.8) is 0 Å². The predicted molar refractivity (Wildman–Crippen MR) is 84.1 cm³/mol. The molecule has 0 aliphatic carbocycles. The van der Waals surface area contributed by atoms with Gasteiger partial charge in [0.2, 0.25) is 5.91 Å². The third kappa shape index (κ3) is 3.99. The lowest BCUT2D eigenvalue weighted by Gasteiger charge is -2.13. The molecule has 0 bridgehead atoms. The Balaban J connectivity index is 2.07. The first-order valence-electron chi connectivity index (χ1n) is 7.02. The maximum atomic E-state index is 12.3. The van der Waals surface area contributed by atoms with E-state index >= 15 is 0 Å². The van der Waals surface area contributed by atoms with E-state index in [0.29, 0.717) is 0 Å². The number of hydrazone groups is 1. The van der Waals surface area contributed by atoms with Gasteiger partial charge in [0.05, 0.1) is 11.6 Å². The molecule has 0 aliphatic heterocycles. The normalized spacial score (nSPS) is 12.8. The fourth-order valence-electron chi connectivity index (χ4n) is 2.12. The van der Waals surface area contributed by atoms with Gasteiger partial charge >= 0.3 is 0 Å². The number of nitrogens with zero attached hydrogens (tertiary/aromatic N) is 2. The van der Waals surface area contributed by atoms with Gasteiger partial charge in [0.15, 0.2) is 0 Å². The smallest absolute Gasteiger partial charge is 0.247 e. The number of carbonyl (C=O) groups is 1. The summed E-state index contributed by atoms with van der Waals surface area (Å²) in [5.74, 6) is -0.274. The Morgan fingerprint density at radius 1 is 1.24 bits per heavy atom. The Kier molecular flexibility index (Phi) is 5.21. The van der Waals surface area contributed by atoms with Gasteiger partial charge in [-0.05, 0) is 25.0 Å². The standard InChI is InChI=1S/C17H19N3O/c1-3-16(14-8-5-4-6-9-14)17(21)20-19-13(2)15-10-7-11-18-12-15/h4-12,16H,3H2,1-2H3,(H,20,21)/b19-13-/t16-/m1/s1. The van der Waals surface area contributed by atoms with Gasteiger partial charge in [-0.1, -0.05) is 43.3 Å². The Morgan fingerprint density at radius 3 is 2.62 bits per heavy atom. The zero-order valence-corrected chi connectivity index (χ0v) is 12.3. The van der Waals surface area contributed by atoms with E-state index in [0.717, 1.165) is 23.3 Å². The number of carbonyl (C=O) groups excluding carboxylic acids is 1. The van der Waals surface area contributed by atoms with Crippen LogP contribution in [0.25, 0.3) is 0 Å². The zero-order chi connectivity index (χ0) is 15.1. The van der Waals surface area contributed by atoms with Crippen LogP contribution >= 0.6 is 0 Å². The van der Waals surface area contributed by atoms with E-state index in [1.807, 2.05) is 56.3 Å². The molecule has 1 aromatic carbocycles. The lowest BCUT2D eigenvalue weighted by molar-refractivity contribution is -0.122. The van der Waals surface area contributed by atoms with Crippen LogP contribution in [0.1, 0.15) is 37.3 Å². The second kappa shape index (κ2) is 7.33. The SMILES string of the molecule is CC[C@@H](C(=O)N/N=C(/C)c1cccnc1)c1ccccc1. The van der Waals surface area contributed by atoms with Gasteiger partial charge in [0.1, 0.15) is 0 Å². The van der Waals surface area contributed by atoms with Crippen LogP contribution in [0.3, 0.4) is 0 Å². The van der Waals surface area contributed by atoms with E-state index in [9.17, 15) is 4.79 Å². The molecule has 1 aromatic heterocycles. The third-order valence-electron chi connectivity index (χ3n) is 3.34. The fourth-order valence-corrected chi connectivity index (χ4v) is 2.12. The highest BCUT2D eigenvalue weighted by molar-refractivity contribution is 5.99. The van der Waals surface area contributed by atoms with E-state index in [-0.39, 0.29) is 11.8 Å². The van der Waals surface area contributed by atoms with Gasteiger partial charge in [0.25, 0.3) is 0 Å². The van der Waals surface area contributed by atoms with Gasteiger partial charge in [-0.25, -0.2) is 5.43 Å². The van der Waals surface area contributed by atoms with E-state index < -0.39 is 0 Å². The first-order chi connectivity index (χ1) is 10.2. The van der Waals surface area contributed by atoms with Crippen molar-refractivity contribution in [1.82, 2.24) is 10.4 Å². The van der Waals surface area contributed by atoms with E-state index in [2.05, 4.69) is 15.5 Å². The van der Waals surface area contributed by atoms with E-state index in [1.54, 1.807) is 12.4 Å². The summed E-state index contributed by atoms with van der Waals surface area (Å²) in [4.78, 5) is 16.3. The molecular formula is C17H19N3O. The number of nitrogens with one attached hydrogen (secondary N) is 1. The summed E-state index contributed by atoms with van der Waals surface area (Å²) >= 11 is 0. The number of aromatic nitrogens is 1. The molecular weight excluding hydrogens is 262 g/mol. The quantitative estimate of drug-likeness (QED) is 0.676. The molecule has 108 valence electrons. The van der Waals surface area contributed by atoms with Gasteiger partial charge in [-0.15, -0.1) is 0 Å². The van der Waals surface area contributed by atoms with Crippen molar-refractivity contribution in [3.8, 4) is 0 Å². The zero-order valence-electron chi connectivity index (χ0n) is 12.3. The summed E-state index contributed by atoms with van der Waals surface area (Å²) in [5.41, 5.74) is 5.29. The molecule has 4 heteroatoms. The van der Waals surface area contributed by atoms with Crippen LogP contribution in [-0.4, -0.2) is 16.6 Å². The van der Waals surface area contributed by atoms with E-state index in [4.69, 9.17) is 0 Å². The lowest BCUT2D eigenvalue weighted by Crippen LogP contribution is -2.26. The third-order valence-corrected chi connectivity index (χ3v) is 3.34. The summed E-state index contributed by atoms with van der Waals surface area (Å²) < 4.78 is 0. The Hall–Kier alpha value is -2.49. The first-order valence-corrected chi connectivity index (χ1v) is 7.02. The summed E-state index contributed by atoms with van der Waals surface area (Å²) in [5, 5.41) is 4.17. The minimum absolute atomic E-state index is 0.0908. The number of amides is 1. The van der Waals surface area contributed by atoms with Crippen LogP contribution in [0.4, 0.5) is 0 Å². The van der Waals surface area contributed by atoms with Crippen molar-refractivity contribution < 1.29 is 4.79 Å². The average Bonchev–Trinajstić information content (AvgIpc) is 2.55. The molecule has 0 fully saturated rings. The second-order valence-electron chi connectivity index (χ2n) is 4.79. The maximum absolute atomic E-state index is 12.3. The number of hydrogen-bond donors (Lipinski definition) is 1. The summed E-state index contributed by atoms with van der Waals surface area (Å²) in [6.07, 6.45) is 4.16. The van der Waals surface area contributed by atoms with E-state index in [1.165, 1.54) is 0 Å². The highest BCUT2D eigenvalue weighted by Gasteiger charge is 2.17. The minimum atomic E-state index is -0.184. The Morgan fingerprint density at radius 2 is 2.00 bits per heavy atom. The molecule has 4 nitrogen and oxygen atoms in total. The van der Waals surface area contributed by atoms with Gasteiger partial charge in [0, 0.05) is 18.0 Å². The lowest BCUT2D eigenvalue weighted by atomic mass is 9.96. The largest absolute Gasteiger partial charge is 0.272 e. The van der Waals surface area contributed by atoms with Crippen LogP contribution in [-0.2, 0) is 4.79 Å². The molecule has 1 atom stereocenters. The molecule has 1 N–H and O–H groups in total. The molecule has 0 radical (unpaired) electrons. The molecule has 0 unspecified atom stereocenters. The van der Waals surface area contributed by atoms with Crippen molar-refractivity contribution in [2.75, 3.05) is 0 Å². The van der Waals surface area contributed by atoms with Crippen LogP contribution in [0.5, 0.6) is 0 Å². The molecule has 1 heterocycles. The average molecular weight is 281 g/mol. The van der Waals surface area contributed by atoms with Gasteiger partial charge in [-0.3, -0.25) is 9.78 Å². The Labute approximate surface area is 124 Å². The highest BCUT2D eigenvalue weighted by atomic mass is 16.2. The van der Waals surface area contributed by atoms with Crippen molar-refractivity contribution >= 4 is 11.6 Å². The molecule has 2 rings (SSSR count). The molecule has 1 amide bonds. The summed E-state index contributed by atoms with van der Waals surface area (Å²) in [6, 6.07) is 13.5. The minimum Gasteiger partial charge on any atom is -0.272 e. The van der Waals surface area contributed by atoms with Crippen molar-refractivity contribution in [1.29, 1.82) is 0 Å². The van der Waals surface area contributed by atoms with Crippen molar-refractivity contribution in [3.05, 3.63) is 66.0 Å². The number of benzene rings is 1. The van der Waals surface area contributed by atoms with Crippen molar-refractivity contribution in [2.45, 2.75) is 26.2 Å². The highest BCUT2D eigenvalue weighted by Crippen LogP contribution is 2.19. The number of pyridine rings is 1. The molecule has 0 aliphatic rings. The van der Waals surface area contributed by atoms with Gasteiger partial charge < -0.3 is 0 Å². The molecule has 0 spiro atoms. The van der Waals surface area contributed by atoms with Crippen molar-refractivity contribution in [2.24, 2.45) is 5.10 Å². The maximum Gasteiger partial charge on any atom is 0.247 e. The predicted octanol–water partition coefficient (Wildman–Crippen LogP) is 3.12. The molecule has 2 aromatic rings. The fraction of sp³-hybridized carbons (Fsp3) is 0.235. The number of rotatable bonds is 5. The van der Waals surface area contributed by atoms with Gasteiger partial charge in [-0.2, -0.15) is 5.10 Å². The first kappa shape index (κ1) is 14.9. The topological polar surface area (TPSA) is 54.4 Å². The Bertz CT molecular complexity index is 608. The van der Waals surface area contributed by atoms with Crippen LogP contribution < -0.4 is 5.43 Å². The molecule has 0 saturated heterocycles. The summed E-state index contributed by atoms with van der Waals surface area (Å²) in [7, 11) is 0. The second-order valence-corrected chi connectivity index (χ2v) is 4.79. The molecule has 0 saturated carbocycles.